The second-order valence-corrected chi connectivity index (χ2v) is 4.36. The monoisotopic (exact) mass is 223 g/mol. The first-order chi connectivity index (χ1) is 7.51. The lowest BCUT2D eigenvalue weighted by Gasteiger charge is -2.27. The first-order valence-electron chi connectivity index (χ1n) is 5.44. The van der Waals surface area contributed by atoms with Crippen molar-refractivity contribution in [1.82, 2.24) is 0 Å². The second kappa shape index (κ2) is 5.32. The van der Waals surface area contributed by atoms with Crippen LogP contribution in [-0.4, -0.2) is 20.8 Å². The van der Waals surface area contributed by atoms with Crippen molar-refractivity contribution in [2.45, 2.75) is 25.8 Å². The van der Waals surface area contributed by atoms with E-state index in [2.05, 4.69) is 13.0 Å². The van der Waals surface area contributed by atoms with Crippen molar-refractivity contribution in [3.05, 3.63) is 29.3 Å². The van der Waals surface area contributed by atoms with Gasteiger partial charge in [0.25, 0.3) is 0 Å². The molecule has 0 saturated carbocycles. The lowest BCUT2D eigenvalue weighted by molar-refractivity contribution is 0.171. The molecule has 0 radical (unpaired) electrons. The summed E-state index contributed by atoms with van der Waals surface area (Å²) in [7, 11) is 3.35. The average molecular weight is 223 g/mol. The number of aryl methyl sites for hydroxylation is 1. The maximum atomic E-state index is 6.31. The van der Waals surface area contributed by atoms with Crippen LogP contribution in [0.25, 0.3) is 0 Å². The summed E-state index contributed by atoms with van der Waals surface area (Å²) in [5.74, 6) is 0.840. The smallest absolute Gasteiger partial charge is 0.123 e. The van der Waals surface area contributed by atoms with Gasteiger partial charge in [-0.1, -0.05) is 17.7 Å². The fourth-order valence-electron chi connectivity index (χ4n) is 1.72. The number of hydrogen-bond donors (Lipinski definition) is 1. The summed E-state index contributed by atoms with van der Waals surface area (Å²) in [6.07, 6.45) is 0.767. The molecule has 0 aliphatic carbocycles. The van der Waals surface area contributed by atoms with Gasteiger partial charge in [-0.2, -0.15) is 0 Å². The van der Waals surface area contributed by atoms with Crippen molar-refractivity contribution in [1.29, 1.82) is 0 Å². The van der Waals surface area contributed by atoms with Crippen molar-refractivity contribution < 1.29 is 9.47 Å². The molecular formula is C13H21NO2. The lowest BCUT2D eigenvalue weighted by Crippen LogP contribution is -2.34. The molecule has 0 spiro atoms. The zero-order chi connectivity index (χ0) is 12.2. The Balaban J connectivity index is 3.04. The van der Waals surface area contributed by atoms with E-state index in [4.69, 9.17) is 15.2 Å². The molecule has 0 aliphatic rings. The number of hydrogen-bond acceptors (Lipinski definition) is 3. The van der Waals surface area contributed by atoms with Gasteiger partial charge < -0.3 is 15.2 Å². The molecule has 1 atom stereocenters. The van der Waals surface area contributed by atoms with Crippen molar-refractivity contribution in [3.8, 4) is 5.75 Å². The van der Waals surface area contributed by atoms with E-state index in [0.29, 0.717) is 6.61 Å². The average Bonchev–Trinajstić information content (AvgIpc) is 2.26. The van der Waals surface area contributed by atoms with Crippen LogP contribution in [0.2, 0.25) is 0 Å². The fourth-order valence-corrected chi connectivity index (χ4v) is 1.72. The molecule has 0 saturated heterocycles. The Hall–Kier alpha value is -1.06. The highest BCUT2D eigenvalue weighted by Crippen LogP contribution is 2.31. The fraction of sp³-hybridized carbons (Fsp3) is 0.538. The van der Waals surface area contributed by atoms with Gasteiger partial charge in [-0.05, 0) is 26.3 Å². The summed E-state index contributed by atoms with van der Waals surface area (Å²) < 4.78 is 10.4. The van der Waals surface area contributed by atoms with Crippen molar-refractivity contribution in [2.24, 2.45) is 5.73 Å². The highest BCUT2D eigenvalue weighted by molar-refractivity contribution is 5.41. The predicted octanol–water partition coefficient (Wildman–Crippen LogP) is 2.21. The van der Waals surface area contributed by atoms with E-state index in [-0.39, 0.29) is 0 Å². The molecule has 3 heteroatoms. The van der Waals surface area contributed by atoms with Crippen LogP contribution in [0.15, 0.2) is 18.2 Å². The van der Waals surface area contributed by atoms with E-state index in [1.807, 2.05) is 19.1 Å². The van der Waals surface area contributed by atoms with Crippen molar-refractivity contribution >= 4 is 0 Å². The Kier molecular flexibility index (Phi) is 4.33. The summed E-state index contributed by atoms with van der Waals surface area (Å²) in [4.78, 5) is 0. The van der Waals surface area contributed by atoms with E-state index in [1.54, 1.807) is 14.2 Å². The van der Waals surface area contributed by atoms with Gasteiger partial charge in [-0.15, -0.1) is 0 Å². The van der Waals surface area contributed by atoms with Crippen LogP contribution in [0, 0.1) is 6.92 Å². The Morgan fingerprint density at radius 3 is 2.56 bits per heavy atom. The largest absolute Gasteiger partial charge is 0.496 e. The maximum Gasteiger partial charge on any atom is 0.123 e. The highest BCUT2D eigenvalue weighted by atomic mass is 16.5. The molecule has 2 N–H and O–H groups in total. The summed E-state index contributed by atoms with van der Waals surface area (Å²) in [6.45, 7) is 4.70. The Morgan fingerprint density at radius 2 is 2.00 bits per heavy atom. The molecule has 3 nitrogen and oxygen atoms in total. The van der Waals surface area contributed by atoms with E-state index in [9.17, 15) is 0 Å². The van der Waals surface area contributed by atoms with Gasteiger partial charge >= 0.3 is 0 Å². The van der Waals surface area contributed by atoms with Gasteiger partial charge in [0.05, 0.1) is 7.11 Å². The van der Waals surface area contributed by atoms with Gasteiger partial charge in [0.2, 0.25) is 0 Å². The van der Waals surface area contributed by atoms with Gasteiger partial charge in [0.15, 0.2) is 0 Å². The SMILES string of the molecule is COCCC(C)(N)c1cc(C)ccc1OC. The number of methoxy groups -OCH3 is 2. The van der Waals surface area contributed by atoms with Gasteiger partial charge in [0.1, 0.15) is 5.75 Å². The van der Waals surface area contributed by atoms with Gasteiger partial charge in [0, 0.05) is 24.8 Å². The van der Waals surface area contributed by atoms with E-state index < -0.39 is 5.54 Å². The van der Waals surface area contributed by atoms with Crippen LogP contribution in [0.5, 0.6) is 5.75 Å². The summed E-state index contributed by atoms with van der Waals surface area (Å²) in [5.41, 5.74) is 8.11. The quantitative estimate of drug-likeness (QED) is 0.832. The Bertz CT molecular complexity index is 348. The topological polar surface area (TPSA) is 44.5 Å². The molecule has 0 amide bonds. The van der Waals surface area contributed by atoms with E-state index >= 15 is 0 Å². The number of benzene rings is 1. The summed E-state index contributed by atoms with van der Waals surface area (Å²) >= 11 is 0. The molecule has 0 heterocycles. The molecule has 1 aromatic rings. The van der Waals surface area contributed by atoms with Gasteiger partial charge in [-0.3, -0.25) is 0 Å². The number of rotatable bonds is 5. The zero-order valence-electron chi connectivity index (χ0n) is 10.5. The van der Waals surface area contributed by atoms with Crippen LogP contribution < -0.4 is 10.5 Å². The Morgan fingerprint density at radius 1 is 1.31 bits per heavy atom. The minimum absolute atomic E-state index is 0.423. The molecule has 1 unspecified atom stereocenters. The second-order valence-electron chi connectivity index (χ2n) is 4.36. The summed E-state index contributed by atoms with van der Waals surface area (Å²) in [5, 5.41) is 0. The number of ether oxygens (including phenoxy) is 2. The molecule has 16 heavy (non-hydrogen) atoms. The zero-order valence-corrected chi connectivity index (χ0v) is 10.5. The first kappa shape index (κ1) is 13.0. The normalized spacial score (nSPS) is 14.6. The molecular weight excluding hydrogens is 202 g/mol. The molecule has 0 bridgehead atoms. The standard InChI is InChI=1S/C13H21NO2/c1-10-5-6-12(16-4)11(9-10)13(2,14)7-8-15-3/h5-6,9H,7-8,14H2,1-4H3. The lowest BCUT2D eigenvalue weighted by atomic mass is 9.88. The molecule has 1 aromatic carbocycles. The van der Waals surface area contributed by atoms with Crippen LogP contribution in [0.4, 0.5) is 0 Å². The van der Waals surface area contributed by atoms with E-state index in [1.165, 1.54) is 5.56 Å². The Labute approximate surface area is 97.6 Å². The third-order valence-electron chi connectivity index (χ3n) is 2.80. The third-order valence-corrected chi connectivity index (χ3v) is 2.80. The predicted molar refractivity (Wildman–Crippen MR) is 65.8 cm³/mol. The summed E-state index contributed by atoms with van der Waals surface area (Å²) in [6, 6.07) is 6.06. The van der Waals surface area contributed by atoms with Crippen LogP contribution in [0.3, 0.4) is 0 Å². The van der Waals surface area contributed by atoms with Crippen molar-refractivity contribution in [3.63, 3.8) is 0 Å². The molecule has 90 valence electrons. The highest BCUT2D eigenvalue weighted by Gasteiger charge is 2.24. The minimum Gasteiger partial charge on any atom is -0.496 e. The maximum absolute atomic E-state index is 6.31. The van der Waals surface area contributed by atoms with Crippen LogP contribution >= 0.6 is 0 Å². The minimum atomic E-state index is -0.423. The number of nitrogens with two attached hydrogens (primary N) is 1. The van der Waals surface area contributed by atoms with Crippen LogP contribution in [-0.2, 0) is 10.3 Å². The molecule has 0 aliphatic heterocycles. The molecule has 0 aromatic heterocycles. The molecule has 1 rings (SSSR count). The van der Waals surface area contributed by atoms with Crippen LogP contribution in [0.1, 0.15) is 24.5 Å². The first-order valence-corrected chi connectivity index (χ1v) is 5.44. The third kappa shape index (κ3) is 2.97. The van der Waals surface area contributed by atoms with Crippen molar-refractivity contribution in [2.75, 3.05) is 20.8 Å². The van der Waals surface area contributed by atoms with E-state index in [0.717, 1.165) is 17.7 Å². The van der Waals surface area contributed by atoms with Gasteiger partial charge in [-0.25, -0.2) is 0 Å². The molecule has 0 fully saturated rings.